The third-order valence-corrected chi connectivity index (χ3v) is 11.2. The number of anilines is 1. The molecule has 4 aliphatic rings. The van der Waals surface area contributed by atoms with Gasteiger partial charge in [0, 0.05) is 60.8 Å². The van der Waals surface area contributed by atoms with E-state index in [1.165, 1.54) is 31.4 Å². The van der Waals surface area contributed by atoms with Gasteiger partial charge in [-0.1, -0.05) is 12.0 Å². The summed E-state index contributed by atoms with van der Waals surface area (Å²) >= 11 is 0. The number of ether oxygens (including phenoxy) is 2. The molecule has 4 atom stereocenters. The fraction of sp³-hybridized carbons (Fsp3) is 0.385. The molecule has 13 heteroatoms. The van der Waals surface area contributed by atoms with Gasteiger partial charge in [-0.25, -0.2) is 18.2 Å². The summed E-state index contributed by atoms with van der Waals surface area (Å²) in [5.74, 6) is 1.61. The van der Waals surface area contributed by atoms with Crippen molar-refractivity contribution in [1.82, 2.24) is 30.2 Å². The van der Waals surface area contributed by atoms with E-state index in [2.05, 4.69) is 26.0 Å². The maximum atomic E-state index is 17.5. The van der Waals surface area contributed by atoms with Crippen molar-refractivity contribution in [3.05, 3.63) is 59.9 Å². The van der Waals surface area contributed by atoms with Gasteiger partial charge in [0.1, 0.15) is 47.1 Å². The quantitative estimate of drug-likeness (QED) is 0.202. The van der Waals surface area contributed by atoms with Gasteiger partial charge in [-0.2, -0.15) is 9.97 Å². The number of rotatable bonds is 7. The number of nitrogens with one attached hydrogen (secondary N) is 1. The molecule has 0 amide bonds. The average Bonchev–Trinajstić information content (AvgIpc) is 3.80. The molecule has 0 saturated carbocycles. The van der Waals surface area contributed by atoms with Crippen LogP contribution in [-0.4, -0.2) is 93.6 Å². The molecule has 266 valence electrons. The van der Waals surface area contributed by atoms with Gasteiger partial charge < -0.3 is 24.8 Å². The van der Waals surface area contributed by atoms with Crippen molar-refractivity contribution in [2.75, 3.05) is 44.8 Å². The lowest BCUT2D eigenvalue weighted by Gasteiger charge is -2.35. The number of terminal acetylenes is 1. The molecule has 9 rings (SSSR count). The number of aromatic hydroxyl groups is 1. The Morgan fingerprint density at radius 2 is 1.87 bits per heavy atom. The molecule has 2 aromatic carbocycles. The summed E-state index contributed by atoms with van der Waals surface area (Å²) < 4.78 is 59.3. The van der Waals surface area contributed by atoms with E-state index in [-0.39, 0.29) is 58.2 Å². The van der Waals surface area contributed by atoms with Crippen molar-refractivity contribution in [3.63, 3.8) is 0 Å². The molecule has 0 spiro atoms. The third-order valence-electron chi connectivity index (χ3n) is 11.2. The van der Waals surface area contributed by atoms with Gasteiger partial charge >= 0.3 is 6.01 Å². The zero-order chi connectivity index (χ0) is 35.7. The smallest absolute Gasteiger partial charge is 0.319 e. The fourth-order valence-electron chi connectivity index (χ4n) is 8.85. The molecule has 52 heavy (non-hydrogen) atoms. The summed E-state index contributed by atoms with van der Waals surface area (Å²) in [4.78, 5) is 23.2. The summed E-state index contributed by atoms with van der Waals surface area (Å²) in [6.45, 7) is 2.53. The van der Waals surface area contributed by atoms with Gasteiger partial charge in [0.2, 0.25) is 0 Å². The Balaban J connectivity index is 1.31. The second-order valence-corrected chi connectivity index (χ2v) is 14.4. The second-order valence-electron chi connectivity index (χ2n) is 14.4. The Bertz CT molecular complexity index is 2290. The number of halogens is 3. The molecule has 0 aliphatic carbocycles. The third kappa shape index (κ3) is 5.35. The van der Waals surface area contributed by atoms with Crippen molar-refractivity contribution in [1.29, 1.82) is 0 Å². The monoisotopic (exact) mass is 707 g/mol. The van der Waals surface area contributed by atoms with Gasteiger partial charge in [-0.15, -0.1) is 6.42 Å². The van der Waals surface area contributed by atoms with Crippen LogP contribution in [0.5, 0.6) is 17.5 Å². The molecule has 10 nitrogen and oxygen atoms in total. The van der Waals surface area contributed by atoms with Gasteiger partial charge in [-0.05, 0) is 61.9 Å². The summed E-state index contributed by atoms with van der Waals surface area (Å²) in [5.41, 5.74) is 0.0157. The van der Waals surface area contributed by atoms with Crippen LogP contribution in [0.3, 0.4) is 0 Å². The molecular weight excluding hydrogens is 671 g/mol. The van der Waals surface area contributed by atoms with Crippen LogP contribution in [0.25, 0.3) is 44.2 Å². The minimum Gasteiger partial charge on any atom is -0.508 e. The largest absolute Gasteiger partial charge is 0.508 e. The lowest BCUT2D eigenvalue weighted by Crippen LogP contribution is -2.51. The van der Waals surface area contributed by atoms with E-state index in [0.29, 0.717) is 59.7 Å². The number of phenols is 1. The SMILES string of the molecule is C#Cc1c(F)ccc2cc(O)cc(-c3nc(-c4cncc(OC)c4)c4c(N5C[C@H]6CC[C@@H](C5)N6)nc(OC[C@@]56CCCN5C[C@H](F)C6)nc4c3F)c12. The average molecular weight is 708 g/mol. The molecule has 2 bridgehead atoms. The zero-order valence-corrected chi connectivity index (χ0v) is 28.5. The topological polar surface area (TPSA) is 109 Å². The maximum absolute atomic E-state index is 17.5. The lowest BCUT2D eigenvalue weighted by molar-refractivity contribution is 0.107. The number of fused-ring (bicyclic) bond motifs is 5. The van der Waals surface area contributed by atoms with Crippen molar-refractivity contribution in [2.45, 2.75) is 55.9 Å². The van der Waals surface area contributed by atoms with Crippen LogP contribution in [0.15, 0.2) is 42.7 Å². The van der Waals surface area contributed by atoms with Crippen molar-refractivity contribution < 1.29 is 27.8 Å². The van der Waals surface area contributed by atoms with Crippen LogP contribution >= 0.6 is 0 Å². The second kappa shape index (κ2) is 12.5. The minimum atomic E-state index is -0.951. The number of hydrogen-bond acceptors (Lipinski definition) is 10. The van der Waals surface area contributed by atoms with Crippen molar-refractivity contribution in [2.24, 2.45) is 0 Å². The molecule has 7 heterocycles. The lowest BCUT2D eigenvalue weighted by atomic mass is 9.95. The van der Waals surface area contributed by atoms with Crippen LogP contribution in [0, 0.1) is 24.0 Å². The molecule has 5 aromatic rings. The predicted octanol–water partition coefficient (Wildman–Crippen LogP) is 5.78. The van der Waals surface area contributed by atoms with E-state index >= 15 is 8.78 Å². The highest BCUT2D eigenvalue weighted by Gasteiger charge is 2.49. The number of piperazine rings is 1. The zero-order valence-electron chi connectivity index (χ0n) is 28.5. The van der Waals surface area contributed by atoms with E-state index in [1.54, 1.807) is 18.5 Å². The number of alkyl halides is 1. The maximum Gasteiger partial charge on any atom is 0.319 e. The number of methoxy groups -OCH3 is 1. The van der Waals surface area contributed by atoms with Crippen molar-refractivity contribution in [3.8, 4) is 52.4 Å². The molecule has 4 fully saturated rings. The predicted molar refractivity (Wildman–Crippen MR) is 190 cm³/mol. The first-order valence-corrected chi connectivity index (χ1v) is 17.6. The summed E-state index contributed by atoms with van der Waals surface area (Å²) in [5, 5.41) is 15.4. The molecule has 0 unspecified atom stereocenters. The fourth-order valence-corrected chi connectivity index (χ4v) is 8.85. The minimum absolute atomic E-state index is 0.0428. The summed E-state index contributed by atoms with van der Waals surface area (Å²) in [6, 6.07) is 7.57. The molecule has 2 N–H and O–H groups in total. The summed E-state index contributed by atoms with van der Waals surface area (Å²) in [6.07, 6.45) is 12.1. The number of hydrogen-bond donors (Lipinski definition) is 2. The number of benzene rings is 2. The molecule has 3 aromatic heterocycles. The van der Waals surface area contributed by atoms with E-state index in [1.807, 2.05) is 0 Å². The molecule has 4 aliphatic heterocycles. The molecule has 4 saturated heterocycles. The highest BCUT2D eigenvalue weighted by atomic mass is 19.1. The van der Waals surface area contributed by atoms with Gasteiger partial charge in [0.25, 0.3) is 0 Å². The van der Waals surface area contributed by atoms with Crippen molar-refractivity contribution >= 4 is 27.5 Å². The Kier molecular flexibility index (Phi) is 7.86. The standard InChI is InChI=1S/C39H36F3N7O3/c1-3-28-30(41)8-5-21-11-26(50)13-29(31(21)28)35-33(42)36-32(34(45-35)22-12-27(51-2)16-43-15-22)37(48-18-24-6-7-25(19-48)44-24)47-38(46-36)52-20-39-9-4-10-49(39)17-23(40)14-39/h1,5,8,11-13,15-16,23-25,44,50H,4,6-7,9-10,14,17-20H2,2H3/t23-,24-,25+,39+/m1/s1. The van der Waals surface area contributed by atoms with Gasteiger partial charge in [0.05, 0.1) is 35.5 Å². The highest BCUT2D eigenvalue weighted by molar-refractivity contribution is 6.06. The van der Waals surface area contributed by atoms with Crippen LogP contribution in [-0.2, 0) is 0 Å². The van der Waals surface area contributed by atoms with E-state index < -0.39 is 23.3 Å². The van der Waals surface area contributed by atoms with E-state index in [9.17, 15) is 9.50 Å². The van der Waals surface area contributed by atoms with Gasteiger partial charge in [-0.3, -0.25) is 9.88 Å². The Labute approximate surface area is 298 Å². The molecule has 0 radical (unpaired) electrons. The van der Waals surface area contributed by atoms with Crippen LogP contribution in [0.1, 0.15) is 37.7 Å². The molecular formula is C39H36F3N7O3. The Hall–Kier alpha value is -5.19. The highest BCUT2D eigenvalue weighted by Crippen LogP contribution is 2.44. The van der Waals surface area contributed by atoms with Crippen LogP contribution in [0.2, 0.25) is 0 Å². The van der Waals surface area contributed by atoms with Gasteiger partial charge in [0.15, 0.2) is 5.82 Å². The number of nitrogens with zero attached hydrogens (tertiary/aromatic N) is 6. The first-order valence-electron chi connectivity index (χ1n) is 17.6. The number of aromatic nitrogens is 4. The Morgan fingerprint density at radius 1 is 1.04 bits per heavy atom. The first kappa shape index (κ1) is 32.7. The van der Waals surface area contributed by atoms with Crippen LogP contribution < -0.4 is 19.7 Å². The summed E-state index contributed by atoms with van der Waals surface area (Å²) in [7, 11) is 1.52. The van der Waals surface area contributed by atoms with E-state index in [4.69, 9.17) is 30.8 Å². The van der Waals surface area contributed by atoms with E-state index in [0.717, 1.165) is 32.2 Å². The number of pyridine rings is 2. The Morgan fingerprint density at radius 3 is 2.65 bits per heavy atom. The first-order chi connectivity index (χ1) is 25.2. The normalized spacial score (nSPS) is 24.1. The number of phenolic OH excluding ortho intramolecular Hbond substituents is 1. The van der Waals surface area contributed by atoms with Crippen LogP contribution in [0.4, 0.5) is 19.0 Å².